The highest BCUT2D eigenvalue weighted by molar-refractivity contribution is 5.62. The van der Waals surface area contributed by atoms with E-state index in [0.717, 1.165) is 71.4 Å². The SMILES string of the molecule is C=C1CCC2[C@H](CCN)C([C@@]3(C)CC[C@H](O)C[C@@H]3O)CC[C@]12C.C=C1CCC2[C@H](CCN)C([C@@]3(C)CC[C@H](O)C[C@@H]3O)CC[C@]12C.CC(=O)O. The summed E-state index contributed by atoms with van der Waals surface area (Å²) >= 11 is 0. The van der Waals surface area contributed by atoms with Gasteiger partial charge in [-0.1, -0.05) is 52.0 Å². The predicted molar refractivity (Wildman–Crippen MR) is 201 cm³/mol. The van der Waals surface area contributed by atoms with Crippen LogP contribution in [0.3, 0.4) is 0 Å². The summed E-state index contributed by atoms with van der Waals surface area (Å²) in [7, 11) is 0. The molecule has 0 bridgehead atoms. The van der Waals surface area contributed by atoms with Crippen LogP contribution in [0.25, 0.3) is 0 Å². The van der Waals surface area contributed by atoms with E-state index in [1.807, 2.05) is 0 Å². The minimum absolute atomic E-state index is 0.0652. The highest BCUT2D eigenvalue weighted by Crippen LogP contribution is 2.64. The Hall–Kier alpha value is -1.29. The van der Waals surface area contributed by atoms with Crippen LogP contribution < -0.4 is 11.5 Å². The highest BCUT2D eigenvalue weighted by atomic mass is 16.4. The summed E-state index contributed by atoms with van der Waals surface area (Å²) < 4.78 is 0. The van der Waals surface area contributed by atoms with Gasteiger partial charge in [0.2, 0.25) is 0 Å². The summed E-state index contributed by atoms with van der Waals surface area (Å²) in [6, 6.07) is 0. The molecule has 0 aromatic heterocycles. The van der Waals surface area contributed by atoms with E-state index in [9.17, 15) is 20.4 Å². The second-order valence-corrected chi connectivity index (χ2v) is 18.5. The van der Waals surface area contributed by atoms with Gasteiger partial charge in [-0.05, 0) is 173 Å². The van der Waals surface area contributed by atoms with E-state index < -0.39 is 5.97 Å². The Morgan fingerprint density at radius 2 is 0.980 bits per heavy atom. The molecule has 8 nitrogen and oxygen atoms in total. The van der Waals surface area contributed by atoms with Crippen molar-refractivity contribution in [1.29, 1.82) is 0 Å². The number of carbonyl (C=O) groups is 1. The molecule has 0 aromatic carbocycles. The molecule has 4 unspecified atom stereocenters. The van der Waals surface area contributed by atoms with Gasteiger partial charge in [0.05, 0.1) is 24.4 Å². The van der Waals surface area contributed by atoms with Gasteiger partial charge in [-0.25, -0.2) is 0 Å². The van der Waals surface area contributed by atoms with Crippen molar-refractivity contribution in [3.63, 3.8) is 0 Å². The monoisotopic (exact) mass is 703 g/mol. The molecule has 50 heavy (non-hydrogen) atoms. The van der Waals surface area contributed by atoms with E-state index >= 15 is 0 Å². The average molecular weight is 703 g/mol. The van der Waals surface area contributed by atoms with Crippen molar-refractivity contribution in [1.82, 2.24) is 0 Å². The van der Waals surface area contributed by atoms with E-state index in [-0.39, 0.29) is 46.1 Å². The number of carboxylic acid groups (broad SMARTS) is 1. The lowest BCUT2D eigenvalue weighted by Crippen LogP contribution is -2.52. The molecule has 0 heterocycles. The molecule has 0 aliphatic heterocycles. The van der Waals surface area contributed by atoms with Crippen molar-refractivity contribution in [2.24, 2.45) is 68.6 Å². The molecule has 6 rings (SSSR count). The summed E-state index contributed by atoms with van der Waals surface area (Å²) in [5, 5.41) is 48.8. The van der Waals surface area contributed by atoms with Gasteiger partial charge in [-0.15, -0.1) is 0 Å². The van der Waals surface area contributed by atoms with E-state index in [1.165, 1.54) is 49.7 Å². The first-order valence-corrected chi connectivity index (χ1v) is 20.1. The maximum absolute atomic E-state index is 10.8. The largest absolute Gasteiger partial charge is 0.481 e. The summed E-state index contributed by atoms with van der Waals surface area (Å²) in [5.74, 6) is 2.75. The standard InChI is InChI=1S/2C20H35NO2.C2H4O2/c2*1-13-4-5-16-15(8-11-21)17(7-10-19(13,16)2)20(3)9-6-14(22)12-18(20)23;1-2(3)4/h2*14-18,22-23H,1,4-12,21H2,2-3H3;1H3,(H,3,4)/t2*14-,15-,16?,17?,18-,19+,20+;/m00./s1. The van der Waals surface area contributed by atoms with E-state index in [0.29, 0.717) is 48.3 Å². The van der Waals surface area contributed by atoms with E-state index in [1.54, 1.807) is 0 Å². The molecule has 0 radical (unpaired) electrons. The normalized spacial score (nSPS) is 47.3. The van der Waals surface area contributed by atoms with Crippen molar-refractivity contribution in [3.05, 3.63) is 24.3 Å². The van der Waals surface area contributed by atoms with Crippen molar-refractivity contribution in [3.8, 4) is 0 Å². The zero-order valence-electron chi connectivity index (χ0n) is 32.2. The lowest BCUT2D eigenvalue weighted by molar-refractivity contribution is -0.134. The molecular weight excluding hydrogens is 628 g/mol. The van der Waals surface area contributed by atoms with Gasteiger partial charge in [0.1, 0.15) is 0 Å². The van der Waals surface area contributed by atoms with Gasteiger partial charge in [-0.2, -0.15) is 0 Å². The zero-order chi connectivity index (χ0) is 37.2. The second kappa shape index (κ2) is 16.4. The number of fused-ring (bicyclic) bond motifs is 2. The number of hydrogen-bond acceptors (Lipinski definition) is 7. The van der Waals surface area contributed by atoms with Crippen LogP contribution in [0.2, 0.25) is 0 Å². The Morgan fingerprint density at radius 3 is 1.28 bits per heavy atom. The first-order chi connectivity index (χ1) is 23.4. The third kappa shape index (κ3) is 7.96. The molecule has 0 saturated heterocycles. The number of hydrogen-bond donors (Lipinski definition) is 7. The van der Waals surface area contributed by atoms with Crippen molar-refractivity contribution >= 4 is 5.97 Å². The van der Waals surface area contributed by atoms with Gasteiger partial charge >= 0.3 is 0 Å². The van der Waals surface area contributed by atoms with Gasteiger partial charge in [0, 0.05) is 6.92 Å². The van der Waals surface area contributed by atoms with E-state index in [4.69, 9.17) is 21.4 Å². The van der Waals surface area contributed by atoms with E-state index in [2.05, 4.69) is 40.9 Å². The van der Waals surface area contributed by atoms with Crippen LogP contribution in [0.1, 0.15) is 137 Å². The number of aliphatic carboxylic acids is 1. The Kier molecular flexibility index (Phi) is 13.6. The predicted octanol–water partition coefficient (Wildman–Crippen LogP) is 6.58. The Labute approximate surface area is 303 Å². The third-order valence-corrected chi connectivity index (χ3v) is 16.0. The van der Waals surface area contributed by atoms with Gasteiger partial charge in [0.25, 0.3) is 5.97 Å². The van der Waals surface area contributed by atoms with Crippen LogP contribution in [-0.4, -0.2) is 69.0 Å². The maximum Gasteiger partial charge on any atom is 0.300 e. The van der Waals surface area contributed by atoms with Crippen molar-refractivity contribution in [2.45, 2.75) is 162 Å². The summed E-state index contributed by atoms with van der Waals surface area (Å²) in [5.41, 5.74) is 15.3. The first-order valence-electron chi connectivity index (χ1n) is 20.1. The van der Waals surface area contributed by atoms with Crippen LogP contribution in [-0.2, 0) is 4.79 Å². The average Bonchev–Trinajstić information content (AvgIpc) is 3.52. The summed E-state index contributed by atoms with van der Waals surface area (Å²) in [6.07, 6.45) is 14.8. The third-order valence-electron chi connectivity index (χ3n) is 16.0. The first kappa shape index (κ1) is 41.5. The molecule has 0 spiro atoms. The Balaban J connectivity index is 0.000000203. The number of rotatable bonds is 6. The molecule has 6 aliphatic carbocycles. The van der Waals surface area contributed by atoms with Gasteiger partial charge < -0.3 is 37.0 Å². The molecule has 6 aliphatic rings. The minimum Gasteiger partial charge on any atom is -0.481 e. The highest BCUT2D eigenvalue weighted by Gasteiger charge is 2.58. The fraction of sp³-hybridized carbons (Fsp3) is 0.881. The van der Waals surface area contributed by atoms with Gasteiger partial charge in [0.15, 0.2) is 0 Å². The minimum atomic E-state index is -0.833. The van der Waals surface area contributed by atoms with Crippen LogP contribution in [0, 0.1) is 57.2 Å². The van der Waals surface area contributed by atoms with Gasteiger partial charge in [-0.3, -0.25) is 4.79 Å². The molecule has 14 atom stereocenters. The fourth-order valence-electron chi connectivity index (χ4n) is 12.7. The number of aliphatic hydroxyl groups is 4. The maximum atomic E-state index is 10.8. The Morgan fingerprint density at radius 1 is 0.640 bits per heavy atom. The molecular formula is C42H74N2O6. The number of allylic oxidation sites excluding steroid dienone is 2. The van der Waals surface area contributed by atoms with Crippen LogP contribution >= 0.6 is 0 Å². The van der Waals surface area contributed by atoms with Crippen molar-refractivity contribution < 1.29 is 30.3 Å². The number of nitrogens with two attached hydrogens (primary N) is 2. The molecule has 6 saturated carbocycles. The number of aliphatic hydroxyl groups excluding tert-OH is 4. The number of carboxylic acids is 1. The Bertz CT molecular complexity index is 1110. The zero-order valence-corrected chi connectivity index (χ0v) is 32.2. The quantitative estimate of drug-likeness (QED) is 0.152. The lowest BCUT2D eigenvalue weighted by atomic mass is 9.50. The fourth-order valence-corrected chi connectivity index (χ4v) is 12.7. The van der Waals surface area contributed by atoms with Crippen LogP contribution in [0.15, 0.2) is 24.3 Å². The van der Waals surface area contributed by atoms with Crippen LogP contribution in [0.4, 0.5) is 0 Å². The molecule has 0 amide bonds. The molecule has 0 aromatic rings. The smallest absolute Gasteiger partial charge is 0.300 e. The molecule has 288 valence electrons. The summed E-state index contributed by atoms with van der Waals surface area (Å²) in [4.78, 5) is 9.00. The second-order valence-electron chi connectivity index (χ2n) is 18.5. The summed E-state index contributed by atoms with van der Waals surface area (Å²) in [6.45, 7) is 20.6. The van der Waals surface area contributed by atoms with Crippen LogP contribution in [0.5, 0.6) is 0 Å². The topological polar surface area (TPSA) is 170 Å². The molecule has 8 heteroatoms. The molecule has 6 fully saturated rings. The van der Waals surface area contributed by atoms with Crippen molar-refractivity contribution in [2.75, 3.05) is 13.1 Å². The molecule has 9 N–H and O–H groups in total. The lowest BCUT2D eigenvalue weighted by Gasteiger charge is -2.55.